The number of hydrogen-bond acceptors (Lipinski definition) is 2. The molecule has 0 aromatic rings. The fourth-order valence-electron chi connectivity index (χ4n) is 1.12. The van der Waals surface area contributed by atoms with Crippen LogP contribution in [0.15, 0.2) is 0 Å². The highest BCUT2D eigenvalue weighted by Gasteiger charge is 1.96. The van der Waals surface area contributed by atoms with Gasteiger partial charge in [0.1, 0.15) is 0 Å². The lowest BCUT2D eigenvalue weighted by atomic mass is 10.4. The predicted octanol–water partition coefficient (Wildman–Crippen LogP) is 0.591. The van der Waals surface area contributed by atoms with Crippen LogP contribution in [0.3, 0.4) is 0 Å². The van der Waals surface area contributed by atoms with E-state index in [1.54, 1.807) is 0 Å². The van der Waals surface area contributed by atoms with Gasteiger partial charge in [-0.05, 0) is 26.1 Å². The topological polar surface area (TPSA) is 39.1 Å². The zero-order valence-corrected chi connectivity index (χ0v) is 8.40. The molecule has 1 radical (unpaired) electrons. The van der Waals surface area contributed by atoms with Crippen LogP contribution in [0.2, 0.25) is 0 Å². The average molecular weight is 172 g/mol. The molecule has 0 saturated carbocycles. The predicted molar refractivity (Wildman–Crippen MR) is 53.2 cm³/mol. The van der Waals surface area contributed by atoms with Crippen molar-refractivity contribution in [2.45, 2.75) is 20.3 Å². The Hall–Kier alpha value is -0.120. The van der Waals surface area contributed by atoms with Gasteiger partial charge >= 0.3 is 0 Å². The summed E-state index contributed by atoms with van der Waals surface area (Å²) in [6.45, 7) is 10.4. The molecule has 0 aliphatic rings. The second-order valence-electron chi connectivity index (χ2n) is 2.88. The van der Waals surface area contributed by atoms with E-state index in [0.29, 0.717) is 6.54 Å². The molecule has 0 rings (SSSR count). The SMILES string of the molecule is CCN(CC)CCNCCC[NH]. The molecule has 0 atom stereocenters. The maximum absolute atomic E-state index is 6.94. The smallest absolute Gasteiger partial charge is 0.0112 e. The molecule has 0 fully saturated rings. The number of likely N-dealkylation sites (N-methyl/N-ethyl adjacent to an activating group) is 1. The number of rotatable bonds is 8. The molecule has 0 spiro atoms. The Morgan fingerprint density at radius 2 is 1.83 bits per heavy atom. The zero-order valence-electron chi connectivity index (χ0n) is 8.40. The standard InChI is InChI=1S/C9H22N3/c1-3-12(4-2)9-8-11-7-5-6-10/h10-11H,3-9H2,1-2H3. The van der Waals surface area contributed by atoms with Gasteiger partial charge in [-0.15, -0.1) is 0 Å². The second kappa shape index (κ2) is 8.97. The Morgan fingerprint density at radius 3 is 2.33 bits per heavy atom. The molecule has 0 bridgehead atoms. The first-order chi connectivity index (χ1) is 5.85. The Labute approximate surface area is 76.3 Å². The van der Waals surface area contributed by atoms with Crippen LogP contribution in [-0.2, 0) is 0 Å². The van der Waals surface area contributed by atoms with E-state index in [1.165, 1.54) is 0 Å². The molecule has 0 saturated heterocycles. The van der Waals surface area contributed by atoms with E-state index in [1.807, 2.05) is 0 Å². The highest BCUT2D eigenvalue weighted by molar-refractivity contribution is 4.55. The average Bonchev–Trinajstić information content (AvgIpc) is 2.11. The summed E-state index contributed by atoms with van der Waals surface area (Å²) in [5, 5.41) is 3.32. The van der Waals surface area contributed by atoms with Gasteiger partial charge in [-0.1, -0.05) is 13.8 Å². The third-order valence-corrected chi connectivity index (χ3v) is 2.03. The van der Waals surface area contributed by atoms with Crippen molar-refractivity contribution in [1.29, 1.82) is 0 Å². The van der Waals surface area contributed by atoms with Gasteiger partial charge < -0.3 is 10.2 Å². The third-order valence-electron chi connectivity index (χ3n) is 2.03. The summed E-state index contributed by atoms with van der Waals surface area (Å²) in [6, 6.07) is 0. The first-order valence-corrected chi connectivity index (χ1v) is 4.92. The molecule has 0 aliphatic carbocycles. The summed E-state index contributed by atoms with van der Waals surface area (Å²) in [5.41, 5.74) is 6.94. The van der Waals surface area contributed by atoms with Crippen LogP contribution >= 0.6 is 0 Å². The molecular weight excluding hydrogens is 150 g/mol. The molecule has 0 aliphatic heterocycles. The van der Waals surface area contributed by atoms with Gasteiger partial charge in [-0.3, -0.25) is 5.73 Å². The lowest BCUT2D eigenvalue weighted by Crippen LogP contribution is -2.32. The van der Waals surface area contributed by atoms with Crippen molar-refractivity contribution in [3.05, 3.63) is 0 Å². The van der Waals surface area contributed by atoms with Crippen molar-refractivity contribution in [3.8, 4) is 0 Å². The highest BCUT2D eigenvalue weighted by Crippen LogP contribution is 1.83. The summed E-state index contributed by atoms with van der Waals surface area (Å²) in [4.78, 5) is 2.40. The molecule has 3 nitrogen and oxygen atoms in total. The van der Waals surface area contributed by atoms with Crippen LogP contribution in [0.25, 0.3) is 0 Å². The highest BCUT2D eigenvalue weighted by atomic mass is 15.1. The van der Waals surface area contributed by atoms with Gasteiger partial charge in [0.05, 0.1) is 0 Å². The summed E-state index contributed by atoms with van der Waals surface area (Å²) < 4.78 is 0. The van der Waals surface area contributed by atoms with Gasteiger partial charge in [0.15, 0.2) is 0 Å². The Kier molecular flexibility index (Phi) is 8.88. The Bertz CT molecular complexity index is 81.8. The van der Waals surface area contributed by atoms with E-state index in [-0.39, 0.29) is 0 Å². The van der Waals surface area contributed by atoms with Crippen LogP contribution < -0.4 is 11.1 Å². The van der Waals surface area contributed by atoms with Crippen molar-refractivity contribution in [2.75, 3.05) is 39.3 Å². The largest absolute Gasteiger partial charge is 0.315 e. The van der Waals surface area contributed by atoms with Crippen LogP contribution in [0, 0.1) is 0 Å². The Morgan fingerprint density at radius 1 is 1.17 bits per heavy atom. The number of nitrogens with one attached hydrogen (secondary N) is 2. The second-order valence-corrected chi connectivity index (χ2v) is 2.88. The van der Waals surface area contributed by atoms with E-state index in [2.05, 4.69) is 24.1 Å². The van der Waals surface area contributed by atoms with Crippen molar-refractivity contribution < 1.29 is 0 Å². The summed E-state index contributed by atoms with van der Waals surface area (Å²) in [7, 11) is 0. The first-order valence-electron chi connectivity index (χ1n) is 4.92. The lowest BCUT2D eigenvalue weighted by molar-refractivity contribution is 0.302. The summed E-state index contributed by atoms with van der Waals surface area (Å²) in [6.07, 6.45) is 0.970. The van der Waals surface area contributed by atoms with E-state index >= 15 is 0 Å². The van der Waals surface area contributed by atoms with Crippen molar-refractivity contribution >= 4 is 0 Å². The Balaban J connectivity index is 3.06. The van der Waals surface area contributed by atoms with E-state index < -0.39 is 0 Å². The van der Waals surface area contributed by atoms with Crippen molar-refractivity contribution in [3.63, 3.8) is 0 Å². The van der Waals surface area contributed by atoms with Crippen LogP contribution in [0.1, 0.15) is 20.3 Å². The number of nitrogens with zero attached hydrogens (tertiary/aromatic N) is 1. The molecule has 12 heavy (non-hydrogen) atoms. The van der Waals surface area contributed by atoms with E-state index in [4.69, 9.17) is 5.73 Å². The molecule has 0 amide bonds. The minimum Gasteiger partial charge on any atom is -0.315 e. The molecule has 73 valence electrons. The number of hydrogen-bond donors (Lipinski definition) is 1. The van der Waals surface area contributed by atoms with Crippen LogP contribution in [0.5, 0.6) is 0 Å². The van der Waals surface area contributed by atoms with E-state index in [9.17, 15) is 0 Å². The molecule has 0 aromatic heterocycles. The van der Waals surface area contributed by atoms with Crippen LogP contribution in [0.4, 0.5) is 0 Å². The lowest BCUT2D eigenvalue weighted by Gasteiger charge is -2.17. The molecule has 0 aromatic carbocycles. The molecule has 3 heteroatoms. The molecular formula is C9H22N3. The molecule has 2 N–H and O–H groups in total. The van der Waals surface area contributed by atoms with Gasteiger partial charge in [0.25, 0.3) is 0 Å². The summed E-state index contributed by atoms with van der Waals surface area (Å²) >= 11 is 0. The maximum Gasteiger partial charge on any atom is 0.0112 e. The van der Waals surface area contributed by atoms with Gasteiger partial charge in [-0.25, -0.2) is 0 Å². The van der Waals surface area contributed by atoms with Gasteiger partial charge in [0.2, 0.25) is 0 Å². The van der Waals surface area contributed by atoms with Gasteiger partial charge in [0, 0.05) is 19.6 Å². The third kappa shape index (κ3) is 6.58. The zero-order chi connectivity index (χ0) is 9.23. The van der Waals surface area contributed by atoms with Crippen LogP contribution in [-0.4, -0.2) is 44.2 Å². The minimum atomic E-state index is 0.540. The normalized spacial score (nSPS) is 11.0. The van der Waals surface area contributed by atoms with Gasteiger partial charge in [-0.2, -0.15) is 0 Å². The first kappa shape index (κ1) is 11.9. The summed E-state index contributed by atoms with van der Waals surface area (Å²) in [5.74, 6) is 0. The van der Waals surface area contributed by atoms with Crippen molar-refractivity contribution in [1.82, 2.24) is 16.0 Å². The van der Waals surface area contributed by atoms with E-state index in [0.717, 1.165) is 39.1 Å². The minimum absolute atomic E-state index is 0.540. The monoisotopic (exact) mass is 172 g/mol. The van der Waals surface area contributed by atoms with Crippen molar-refractivity contribution in [2.24, 2.45) is 0 Å². The maximum atomic E-state index is 6.94. The molecule has 0 unspecified atom stereocenters. The fourth-order valence-corrected chi connectivity index (χ4v) is 1.12. The fraction of sp³-hybridized carbons (Fsp3) is 1.00. The quantitative estimate of drug-likeness (QED) is 0.544. The molecule has 0 heterocycles.